The van der Waals surface area contributed by atoms with E-state index in [4.69, 9.17) is 23.7 Å². The zero-order valence-corrected chi connectivity index (χ0v) is 19.0. The number of carbonyl (C=O) groups excluding carboxylic acids is 5. The van der Waals surface area contributed by atoms with Gasteiger partial charge < -0.3 is 23.7 Å². The van der Waals surface area contributed by atoms with Crippen molar-refractivity contribution >= 4 is 53.4 Å². The Morgan fingerprint density at radius 1 is 0.700 bits per heavy atom. The molecule has 0 bridgehead atoms. The van der Waals surface area contributed by atoms with Gasteiger partial charge in [0.05, 0.1) is 4.58 Å². The normalized spacial score (nSPS) is 17.8. The van der Waals surface area contributed by atoms with Crippen molar-refractivity contribution in [1.29, 1.82) is 0 Å². The summed E-state index contributed by atoms with van der Waals surface area (Å²) in [5.74, 6) is -1.95. The second kappa shape index (κ2) is 12.7. The lowest BCUT2D eigenvalue weighted by Crippen LogP contribution is -2.55. The van der Waals surface area contributed by atoms with E-state index < -0.39 is 60.9 Å². The molecule has 1 aliphatic rings. The molecule has 1 aliphatic heterocycles. The predicted molar refractivity (Wildman–Crippen MR) is 108 cm³/mol. The molecule has 1 fully saturated rings. The zero-order chi connectivity index (χ0) is 22.8. The minimum Gasteiger partial charge on any atom is -0.462 e. The Labute approximate surface area is 183 Å². The lowest BCUT2D eigenvalue weighted by molar-refractivity contribution is -0.201. The van der Waals surface area contributed by atoms with Crippen LogP contribution in [0.3, 0.4) is 0 Å². The fourth-order valence-electron chi connectivity index (χ4n) is 2.70. The molecule has 0 aromatic heterocycles. The number of hydrogen-bond acceptors (Lipinski definition) is 12. The van der Waals surface area contributed by atoms with Crippen LogP contribution in [-0.4, -0.2) is 77.0 Å². The molecule has 170 valence electrons. The summed E-state index contributed by atoms with van der Waals surface area (Å²) in [7, 11) is 0. The van der Waals surface area contributed by atoms with Crippen molar-refractivity contribution in [3.8, 4) is 0 Å². The fourth-order valence-corrected chi connectivity index (χ4v) is 5.70. The van der Waals surface area contributed by atoms with E-state index in [0.717, 1.165) is 39.2 Å². The largest absolute Gasteiger partial charge is 0.462 e. The summed E-state index contributed by atoms with van der Waals surface area (Å²) in [5, 5.41) is 0. The third-order valence-corrected chi connectivity index (χ3v) is 6.75. The van der Waals surface area contributed by atoms with Gasteiger partial charge in [-0.15, -0.1) is 23.5 Å². The highest BCUT2D eigenvalue weighted by molar-refractivity contribution is 8.20. The van der Waals surface area contributed by atoms with Crippen LogP contribution in [0.2, 0.25) is 0 Å². The number of hydrogen-bond donors (Lipinski definition) is 0. The molecule has 1 saturated heterocycles. The standard InChI is InChI=1S/C18H26O10S2/c1-9(19)24-8-14(25-10(2)20)15(26-11(3)21)16(27-12(4)22)17(28-13(5)23)18-29-6-7-30-18/h14-18H,6-8H2,1-5H3/t14-,15-,16+,17-/m1/s1. The molecule has 30 heavy (non-hydrogen) atoms. The molecule has 0 unspecified atom stereocenters. The number of ether oxygens (including phenoxy) is 5. The van der Waals surface area contributed by atoms with Crippen molar-refractivity contribution in [2.24, 2.45) is 0 Å². The molecular formula is C18H26O10S2. The molecule has 0 aromatic rings. The average molecular weight is 467 g/mol. The number of carbonyl (C=O) groups is 5. The molecule has 12 heteroatoms. The number of thioether (sulfide) groups is 2. The Morgan fingerprint density at radius 3 is 1.60 bits per heavy atom. The Morgan fingerprint density at radius 2 is 1.17 bits per heavy atom. The van der Waals surface area contributed by atoms with Gasteiger partial charge in [0.1, 0.15) is 6.61 Å². The van der Waals surface area contributed by atoms with Gasteiger partial charge in [-0.3, -0.25) is 24.0 Å². The first-order valence-corrected chi connectivity index (χ1v) is 11.2. The highest BCUT2D eigenvalue weighted by Crippen LogP contribution is 2.39. The van der Waals surface area contributed by atoms with Gasteiger partial charge >= 0.3 is 29.8 Å². The third kappa shape index (κ3) is 9.24. The molecule has 1 rings (SSSR count). The van der Waals surface area contributed by atoms with Gasteiger partial charge in [0.2, 0.25) is 0 Å². The monoisotopic (exact) mass is 466 g/mol. The zero-order valence-electron chi connectivity index (χ0n) is 17.4. The molecule has 0 N–H and O–H groups in total. The predicted octanol–water partition coefficient (Wildman–Crippen LogP) is 1.08. The summed E-state index contributed by atoms with van der Waals surface area (Å²) >= 11 is 2.98. The van der Waals surface area contributed by atoms with Crippen LogP contribution in [0, 0.1) is 0 Å². The van der Waals surface area contributed by atoms with Crippen LogP contribution in [0.1, 0.15) is 34.6 Å². The number of esters is 5. The van der Waals surface area contributed by atoms with Gasteiger partial charge in [-0.2, -0.15) is 0 Å². The highest BCUT2D eigenvalue weighted by Gasteiger charge is 2.47. The molecule has 1 heterocycles. The summed E-state index contributed by atoms with van der Waals surface area (Å²) in [4.78, 5) is 58.3. The molecule has 0 radical (unpaired) electrons. The minimum atomic E-state index is -1.39. The van der Waals surface area contributed by atoms with Crippen molar-refractivity contribution in [3.05, 3.63) is 0 Å². The maximum atomic E-state index is 11.9. The second-order valence-electron chi connectivity index (χ2n) is 6.28. The van der Waals surface area contributed by atoms with Crippen molar-refractivity contribution in [2.75, 3.05) is 18.1 Å². The van der Waals surface area contributed by atoms with Crippen molar-refractivity contribution in [1.82, 2.24) is 0 Å². The first-order valence-electron chi connectivity index (χ1n) is 9.06. The van der Waals surface area contributed by atoms with Crippen molar-refractivity contribution in [2.45, 2.75) is 63.6 Å². The first-order chi connectivity index (χ1) is 14.0. The van der Waals surface area contributed by atoms with Crippen LogP contribution in [0.4, 0.5) is 0 Å². The Balaban J connectivity index is 3.38. The fraction of sp³-hybridized carbons (Fsp3) is 0.722. The molecule has 0 aliphatic carbocycles. The van der Waals surface area contributed by atoms with Crippen LogP contribution in [0.15, 0.2) is 0 Å². The summed E-state index contributed by atoms with van der Waals surface area (Å²) < 4.78 is 26.0. The van der Waals surface area contributed by atoms with E-state index in [0.29, 0.717) is 0 Å². The molecule has 0 amide bonds. The van der Waals surface area contributed by atoms with Gasteiger partial charge in [-0.1, -0.05) is 0 Å². The molecule has 10 nitrogen and oxygen atoms in total. The van der Waals surface area contributed by atoms with Gasteiger partial charge in [0.15, 0.2) is 24.4 Å². The molecule has 0 spiro atoms. The van der Waals surface area contributed by atoms with Crippen LogP contribution >= 0.6 is 23.5 Å². The van der Waals surface area contributed by atoms with Crippen molar-refractivity contribution < 1.29 is 47.7 Å². The lowest BCUT2D eigenvalue weighted by atomic mass is 10.0. The van der Waals surface area contributed by atoms with E-state index in [1.165, 1.54) is 30.4 Å². The topological polar surface area (TPSA) is 132 Å². The molecule has 4 atom stereocenters. The number of rotatable bonds is 10. The van der Waals surface area contributed by atoms with Gasteiger partial charge in [-0.05, 0) is 0 Å². The minimum absolute atomic E-state index is 0.317. The molecular weight excluding hydrogens is 440 g/mol. The summed E-state index contributed by atoms with van der Waals surface area (Å²) in [6.07, 6.45) is -5.00. The smallest absolute Gasteiger partial charge is 0.303 e. The summed E-state index contributed by atoms with van der Waals surface area (Å²) in [6, 6.07) is 0. The van der Waals surface area contributed by atoms with E-state index in [1.54, 1.807) is 0 Å². The van der Waals surface area contributed by atoms with Crippen LogP contribution in [-0.2, 0) is 47.7 Å². The highest BCUT2D eigenvalue weighted by atomic mass is 32.2. The maximum Gasteiger partial charge on any atom is 0.303 e. The van der Waals surface area contributed by atoms with E-state index in [1.807, 2.05) is 0 Å². The van der Waals surface area contributed by atoms with Crippen LogP contribution in [0.25, 0.3) is 0 Å². The van der Waals surface area contributed by atoms with Crippen molar-refractivity contribution in [3.63, 3.8) is 0 Å². The SMILES string of the molecule is CC(=O)OC[C@@H](OC(C)=O)[C@@H](OC(C)=O)[C@H](OC(C)=O)[C@@H](OC(C)=O)C1SCCS1. The van der Waals surface area contributed by atoms with Gasteiger partial charge in [-0.25, -0.2) is 0 Å². The van der Waals surface area contributed by atoms with E-state index in [-0.39, 0.29) is 4.58 Å². The third-order valence-electron chi connectivity index (χ3n) is 3.60. The molecule has 0 saturated carbocycles. The molecule has 0 aromatic carbocycles. The summed E-state index contributed by atoms with van der Waals surface area (Å²) in [5.41, 5.74) is 0. The quantitative estimate of drug-likeness (QED) is 0.337. The van der Waals surface area contributed by atoms with E-state index in [9.17, 15) is 24.0 Å². The van der Waals surface area contributed by atoms with E-state index in [2.05, 4.69) is 0 Å². The summed E-state index contributed by atoms with van der Waals surface area (Å²) in [6.45, 7) is 5.29. The Bertz CT molecular complexity index is 647. The van der Waals surface area contributed by atoms with Crippen LogP contribution < -0.4 is 0 Å². The maximum absolute atomic E-state index is 11.9. The van der Waals surface area contributed by atoms with Crippen LogP contribution in [0.5, 0.6) is 0 Å². The van der Waals surface area contributed by atoms with Gasteiger partial charge in [0.25, 0.3) is 0 Å². The Hall–Kier alpha value is -1.95. The van der Waals surface area contributed by atoms with E-state index >= 15 is 0 Å². The first kappa shape index (κ1) is 26.1. The lowest BCUT2D eigenvalue weighted by Gasteiger charge is -2.36. The van der Waals surface area contributed by atoms with Gasteiger partial charge in [0, 0.05) is 46.1 Å². The Kier molecular flexibility index (Phi) is 11.0. The average Bonchev–Trinajstić information content (AvgIpc) is 3.13. The second-order valence-corrected chi connectivity index (χ2v) is 9.08.